The molecule has 0 atom stereocenters. The predicted octanol–water partition coefficient (Wildman–Crippen LogP) is 0.323. The molecule has 2 N–H and O–H groups in total. The SMILES string of the molecule is CC1(NS(=O)(=O)CCCC(=O)O)CC1. The maximum Gasteiger partial charge on any atom is 0.303 e. The molecule has 0 aromatic rings. The molecule has 14 heavy (non-hydrogen) atoms. The first-order chi connectivity index (χ1) is 6.33. The summed E-state index contributed by atoms with van der Waals surface area (Å²) in [4.78, 5) is 10.2. The van der Waals surface area contributed by atoms with E-state index >= 15 is 0 Å². The minimum Gasteiger partial charge on any atom is -0.481 e. The van der Waals surface area contributed by atoms with E-state index in [4.69, 9.17) is 5.11 Å². The number of carbonyl (C=O) groups is 1. The van der Waals surface area contributed by atoms with Gasteiger partial charge in [0.05, 0.1) is 5.75 Å². The minimum absolute atomic E-state index is 0.0996. The van der Waals surface area contributed by atoms with Crippen molar-refractivity contribution >= 4 is 16.0 Å². The summed E-state index contributed by atoms with van der Waals surface area (Å²) in [6.45, 7) is 1.85. The Morgan fingerprint density at radius 1 is 1.50 bits per heavy atom. The highest BCUT2D eigenvalue weighted by molar-refractivity contribution is 7.89. The summed E-state index contributed by atoms with van der Waals surface area (Å²) in [6, 6.07) is 0. The number of hydrogen-bond acceptors (Lipinski definition) is 3. The van der Waals surface area contributed by atoms with E-state index in [0.29, 0.717) is 0 Å². The standard InChI is InChI=1S/C8H15NO4S/c1-8(4-5-8)9-14(12,13)6-2-3-7(10)11/h9H,2-6H2,1H3,(H,10,11). The second-order valence-corrected chi connectivity index (χ2v) is 5.82. The molecule has 1 aliphatic rings. The summed E-state index contributed by atoms with van der Waals surface area (Å²) >= 11 is 0. The van der Waals surface area contributed by atoms with Crippen molar-refractivity contribution in [2.24, 2.45) is 0 Å². The first-order valence-electron chi connectivity index (χ1n) is 4.56. The number of aliphatic carboxylic acids is 1. The van der Waals surface area contributed by atoms with Gasteiger partial charge < -0.3 is 5.11 Å². The zero-order chi connectivity index (χ0) is 10.8. The maximum absolute atomic E-state index is 11.4. The fourth-order valence-corrected chi connectivity index (χ4v) is 2.71. The summed E-state index contributed by atoms with van der Waals surface area (Å²) in [7, 11) is -3.29. The largest absolute Gasteiger partial charge is 0.481 e. The first-order valence-corrected chi connectivity index (χ1v) is 6.22. The number of nitrogens with one attached hydrogen (secondary N) is 1. The molecule has 0 aliphatic heterocycles. The van der Waals surface area contributed by atoms with Gasteiger partial charge in [-0.3, -0.25) is 4.79 Å². The second-order valence-electron chi connectivity index (χ2n) is 3.98. The quantitative estimate of drug-likeness (QED) is 0.676. The lowest BCUT2D eigenvalue weighted by Gasteiger charge is -2.11. The Morgan fingerprint density at radius 2 is 2.07 bits per heavy atom. The number of rotatable bonds is 6. The van der Waals surface area contributed by atoms with Crippen molar-refractivity contribution in [2.45, 2.75) is 38.1 Å². The van der Waals surface area contributed by atoms with Crippen LogP contribution in [0.25, 0.3) is 0 Å². The molecule has 0 saturated heterocycles. The summed E-state index contributed by atoms with van der Waals surface area (Å²) in [5.41, 5.74) is -0.262. The zero-order valence-corrected chi connectivity index (χ0v) is 8.93. The molecule has 0 amide bonds. The Hall–Kier alpha value is -0.620. The third-order valence-corrected chi connectivity index (χ3v) is 3.84. The van der Waals surface area contributed by atoms with Gasteiger partial charge in [0.15, 0.2) is 0 Å². The predicted molar refractivity (Wildman–Crippen MR) is 51.4 cm³/mol. The molecule has 0 radical (unpaired) electrons. The Morgan fingerprint density at radius 3 is 2.50 bits per heavy atom. The molecule has 0 unspecified atom stereocenters. The lowest BCUT2D eigenvalue weighted by Crippen LogP contribution is -2.36. The van der Waals surface area contributed by atoms with E-state index < -0.39 is 16.0 Å². The van der Waals surface area contributed by atoms with Crippen LogP contribution >= 0.6 is 0 Å². The molecule has 0 bridgehead atoms. The van der Waals surface area contributed by atoms with Gasteiger partial charge in [0, 0.05) is 12.0 Å². The summed E-state index contributed by atoms with van der Waals surface area (Å²) in [5.74, 6) is -1.06. The van der Waals surface area contributed by atoms with Crippen molar-refractivity contribution in [3.63, 3.8) is 0 Å². The van der Waals surface area contributed by atoms with Crippen molar-refractivity contribution < 1.29 is 18.3 Å². The number of carboxylic acids is 1. The molecule has 0 heterocycles. The third-order valence-electron chi connectivity index (χ3n) is 2.21. The summed E-state index contributed by atoms with van der Waals surface area (Å²) in [5, 5.41) is 8.34. The average Bonchev–Trinajstić information content (AvgIpc) is 2.64. The molecular formula is C8H15NO4S. The van der Waals surface area contributed by atoms with Gasteiger partial charge in [0.2, 0.25) is 10.0 Å². The van der Waals surface area contributed by atoms with E-state index in [1.165, 1.54) is 0 Å². The molecule has 0 spiro atoms. The number of sulfonamides is 1. The van der Waals surface area contributed by atoms with Crippen molar-refractivity contribution in [1.82, 2.24) is 4.72 Å². The molecule has 82 valence electrons. The maximum atomic E-state index is 11.4. The first kappa shape index (κ1) is 11.5. The molecular weight excluding hydrogens is 206 g/mol. The molecule has 0 aromatic heterocycles. The lowest BCUT2D eigenvalue weighted by molar-refractivity contribution is -0.137. The van der Waals surface area contributed by atoms with Crippen LogP contribution in [-0.4, -0.2) is 30.8 Å². The lowest BCUT2D eigenvalue weighted by atomic mass is 10.3. The van der Waals surface area contributed by atoms with E-state index in [1.807, 2.05) is 6.92 Å². The normalized spacial score (nSPS) is 19.2. The molecule has 5 nitrogen and oxygen atoms in total. The molecule has 6 heteroatoms. The highest BCUT2D eigenvalue weighted by atomic mass is 32.2. The number of carboxylic acid groups (broad SMARTS) is 1. The number of hydrogen-bond donors (Lipinski definition) is 2. The smallest absolute Gasteiger partial charge is 0.303 e. The van der Waals surface area contributed by atoms with Gasteiger partial charge in [0.1, 0.15) is 0 Å². The molecule has 0 aromatic carbocycles. The molecule has 1 aliphatic carbocycles. The van der Waals surface area contributed by atoms with E-state index in [-0.39, 0.29) is 24.1 Å². The van der Waals surface area contributed by atoms with Gasteiger partial charge in [0.25, 0.3) is 0 Å². The third kappa shape index (κ3) is 4.06. The fourth-order valence-electron chi connectivity index (χ4n) is 1.13. The summed E-state index contributed by atoms with van der Waals surface area (Å²) < 4.78 is 25.3. The average molecular weight is 221 g/mol. The molecule has 1 fully saturated rings. The highest BCUT2D eigenvalue weighted by Gasteiger charge is 2.40. The van der Waals surface area contributed by atoms with E-state index in [1.54, 1.807) is 0 Å². The summed E-state index contributed by atoms with van der Waals surface area (Å²) in [6.07, 6.45) is 1.80. The minimum atomic E-state index is -3.29. The van der Waals surface area contributed by atoms with Crippen molar-refractivity contribution in [3.8, 4) is 0 Å². The van der Waals surface area contributed by atoms with Gasteiger partial charge >= 0.3 is 5.97 Å². The second kappa shape index (κ2) is 3.86. The fraction of sp³-hybridized carbons (Fsp3) is 0.875. The van der Waals surface area contributed by atoms with Crippen molar-refractivity contribution in [2.75, 3.05) is 5.75 Å². The monoisotopic (exact) mass is 221 g/mol. The van der Waals surface area contributed by atoms with Crippen LogP contribution in [0.4, 0.5) is 0 Å². The van der Waals surface area contributed by atoms with Gasteiger partial charge in [-0.15, -0.1) is 0 Å². The van der Waals surface area contributed by atoms with Crippen LogP contribution < -0.4 is 4.72 Å². The van der Waals surface area contributed by atoms with E-state index in [9.17, 15) is 13.2 Å². The van der Waals surface area contributed by atoms with Crippen LogP contribution in [0.5, 0.6) is 0 Å². The van der Waals surface area contributed by atoms with E-state index in [0.717, 1.165) is 12.8 Å². The topological polar surface area (TPSA) is 83.5 Å². The van der Waals surface area contributed by atoms with Gasteiger partial charge in [-0.05, 0) is 26.2 Å². The Labute approximate surface area is 83.6 Å². The van der Waals surface area contributed by atoms with Crippen molar-refractivity contribution in [1.29, 1.82) is 0 Å². The van der Waals surface area contributed by atoms with Gasteiger partial charge in [-0.1, -0.05) is 0 Å². The van der Waals surface area contributed by atoms with Crippen LogP contribution in [0.15, 0.2) is 0 Å². The van der Waals surface area contributed by atoms with Crippen LogP contribution in [0.1, 0.15) is 32.6 Å². The van der Waals surface area contributed by atoms with Crippen LogP contribution in [-0.2, 0) is 14.8 Å². The van der Waals surface area contributed by atoms with Gasteiger partial charge in [-0.25, -0.2) is 13.1 Å². The Balaban J connectivity index is 2.31. The molecule has 1 rings (SSSR count). The Kier molecular flexibility index (Phi) is 3.16. The van der Waals surface area contributed by atoms with Crippen LogP contribution in [0, 0.1) is 0 Å². The van der Waals surface area contributed by atoms with Crippen LogP contribution in [0.3, 0.4) is 0 Å². The Bertz CT molecular complexity index is 318. The molecule has 1 saturated carbocycles. The van der Waals surface area contributed by atoms with E-state index in [2.05, 4.69) is 4.72 Å². The van der Waals surface area contributed by atoms with Crippen LogP contribution in [0.2, 0.25) is 0 Å². The van der Waals surface area contributed by atoms with Crippen molar-refractivity contribution in [3.05, 3.63) is 0 Å². The highest BCUT2D eigenvalue weighted by Crippen LogP contribution is 2.35. The zero-order valence-electron chi connectivity index (χ0n) is 8.12. The van der Waals surface area contributed by atoms with Gasteiger partial charge in [-0.2, -0.15) is 0 Å².